The van der Waals surface area contributed by atoms with Crippen LogP contribution < -0.4 is 10.6 Å². The first-order chi connectivity index (χ1) is 8.63. The molecular formula is C13H14ClN3O. The van der Waals surface area contributed by atoms with Crippen LogP contribution in [0.5, 0.6) is 0 Å². The minimum absolute atomic E-state index is 0.275. The van der Waals surface area contributed by atoms with Gasteiger partial charge < -0.3 is 10.6 Å². The van der Waals surface area contributed by atoms with Crippen molar-refractivity contribution >= 4 is 23.2 Å². The second kappa shape index (κ2) is 5.28. The normalized spacial score (nSPS) is 19.3. The molecule has 1 atom stereocenters. The minimum atomic E-state index is -0.310. The predicted octanol–water partition coefficient (Wildman–Crippen LogP) is 2.06. The van der Waals surface area contributed by atoms with Crippen LogP contribution in [-0.4, -0.2) is 18.5 Å². The number of benzene rings is 1. The summed E-state index contributed by atoms with van der Waals surface area (Å²) < 4.78 is 0. The van der Waals surface area contributed by atoms with Gasteiger partial charge in [0.2, 0.25) is 5.91 Å². The lowest BCUT2D eigenvalue weighted by Crippen LogP contribution is -2.47. The Morgan fingerprint density at radius 2 is 2.28 bits per heavy atom. The molecule has 1 saturated heterocycles. The van der Waals surface area contributed by atoms with Gasteiger partial charge in [0.15, 0.2) is 0 Å². The number of amides is 1. The Kier molecular flexibility index (Phi) is 3.73. The summed E-state index contributed by atoms with van der Waals surface area (Å²) >= 11 is 6.01. The van der Waals surface area contributed by atoms with Crippen LogP contribution in [0.3, 0.4) is 0 Å². The Labute approximate surface area is 111 Å². The van der Waals surface area contributed by atoms with Gasteiger partial charge in [-0.3, -0.25) is 4.79 Å². The second-order valence-electron chi connectivity index (χ2n) is 4.38. The van der Waals surface area contributed by atoms with Crippen molar-refractivity contribution in [3.63, 3.8) is 0 Å². The fourth-order valence-electron chi connectivity index (χ4n) is 2.31. The minimum Gasteiger partial charge on any atom is -0.368 e. The monoisotopic (exact) mass is 263 g/mol. The molecule has 1 aromatic rings. The van der Waals surface area contributed by atoms with Gasteiger partial charge in [0, 0.05) is 12.2 Å². The highest BCUT2D eigenvalue weighted by atomic mass is 35.5. The average molecular weight is 264 g/mol. The Morgan fingerprint density at radius 3 is 2.89 bits per heavy atom. The molecule has 1 heterocycles. The van der Waals surface area contributed by atoms with Crippen molar-refractivity contribution in [3.05, 3.63) is 28.8 Å². The molecular weight excluding hydrogens is 250 g/mol. The highest BCUT2D eigenvalue weighted by Crippen LogP contribution is 2.28. The van der Waals surface area contributed by atoms with E-state index in [0.717, 1.165) is 31.5 Å². The van der Waals surface area contributed by atoms with E-state index < -0.39 is 0 Å². The quantitative estimate of drug-likeness (QED) is 0.888. The summed E-state index contributed by atoms with van der Waals surface area (Å²) in [6.45, 7) is 0.788. The maximum Gasteiger partial charge on any atom is 0.240 e. The van der Waals surface area contributed by atoms with Gasteiger partial charge in [-0.2, -0.15) is 5.26 Å². The number of piperidine rings is 1. The van der Waals surface area contributed by atoms with Crippen LogP contribution in [0.2, 0.25) is 5.02 Å². The van der Waals surface area contributed by atoms with Crippen LogP contribution in [0.25, 0.3) is 0 Å². The molecule has 18 heavy (non-hydrogen) atoms. The first kappa shape index (κ1) is 12.7. The number of rotatable bonds is 2. The topological polar surface area (TPSA) is 70.1 Å². The summed E-state index contributed by atoms with van der Waals surface area (Å²) in [6.07, 6.45) is 2.81. The number of nitriles is 1. The lowest BCUT2D eigenvalue weighted by molar-refractivity contribution is -0.119. The summed E-state index contributed by atoms with van der Waals surface area (Å²) in [4.78, 5) is 13.4. The maximum absolute atomic E-state index is 11.4. The summed E-state index contributed by atoms with van der Waals surface area (Å²) in [7, 11) is 0. The third-order valence-electron chi connectivity index (χ3n) is 3.24. The molecule has 1 aliphatic rings. The lowest BCUT2D eigenvalue weighted by Gasteiger charge is -2.35. The molecule has 0 bridgehead atoms. The molecule has 94 valence electrons. The molecule has 1 unspecified atom stereocenters. The number of hydrogen-bond donors (Lipinski definition) is 1. The molecule has 1 fully saturated rings. The largest absolute Gasteiger partial charge is 0.368 e. The fourth-order valence-corrected chi connectivity index (χ4v) is 2.53. The van der Waals surface area contributed by atoms with Gasteiger partial charge in [-0.15, -0.1) is 0 Å². The molecule has 0 spiro atoms. The smallest absolute Gasteiger partial charge is 0.240 e. The molecule has 0 saturated carbocycles. The zero-order valence-electron chi connectivity index (χ0n) is 9.90. The van der Waals surface area contributed by atoms with Crippen molar-refractivity contribution in [3.8, 4) is 6.07 Å². The summed E-state index contributed by atoms with van der Waals surface area (Å²) in [5, 5.41) is 9.24. The van der Waals surface area contributed by atoms with E-state index in [1.54, 1.807) is 12.1 Å². The molecule has 1 aromatic carbocycles. The molecule has 1 amide bonds. The zero-order chi connectivity index (χ0) is 13.1. The van der Waals surface area contributed by atoms with Crippen LogP contribution >= 0.6 is 11.6 Å². The molecule has 4 nitrogen and oxygen atoms in total. The predicted molar refractivity (Wildman–Crippen MR) is 70.3 cm³/mol. The molecule has 1 aliphatic heterocycles. The molecule has 0 radical (unpaired) electrons. The van der Waals surface area contributed by atoms with E-state index in [1.807, 2.05) is 17.0 Å². The number of anilines is 1. The van der Waals surface area contributed by atoms with Gasteiger partial charge in [0.05, 0.1) is 10.6 Å². The van der Waals surface area contributed by atoms with Crippen molar-refractivity contribution in [1.29, 1.82) is 5.26 Å². The van der Waals surface area contributed by atoms with E-state index in [1.165, 1.54) is 0 Å². The fraction of sp³-hybridized carbons (Fsp3) is 0.385. The Balaban J connectivity index is 2.32. The van der Waals surface area contributed by atoms with E-state index >= 15 is 0 Å². The summed E-state index contributed by atoms with van der Waals surface area (Å²) in [5.41, 5.74) is 6.71. The highest BCUT2D eigenvalue weighted by Gasteiger charge is 2.27. The number of primary amides is 1. The number of halogens is 1. The summed E-state index contributed by atoms with van der Waals surface area (Å²) in [5.74, 6) is -0.310. The van der Waals surface area contributed by atoms with Crippen molar-refractivity contribution in [2.24, 2.45) is 5.73 Å². The second-order valence-corrected chi connectivity index (χ2v) is 4.79. The van der Waals surface area contributed by atoms with Crippen LogP contribution in [0.15, 0.2) is 18.2 Å². The molecule has 2 N–H and O–H groups in total. The maximum atomic E-state index is 11.4. The summed E-state index contributed by atoms with van der Waals surface area (Å²) in [6, 6.07) is 6.95. The van der Waals surface area contributed by atoms with Gasteiger partial charge in [0.1, 0.15) is 12.1 Å². The van der Waals surface area contributed by atoms with E-state index in [2.05, 4.69) is 0 Å². The number of carbonyl (C=O) groups excluding carboxylic acids is 1. The van der Waals surface area contributed by atoms with Crippen LogP contribution in [0.4, 0.5) is 5.69 Å². The van der Waals surface area contributed by atoms with Crippen molar-refractivity contribution in [2.45, 2.75) is 25.3 Å². The highest BCUT2D eigenvalue weighted by molar-refractivity contribution is 6.32. The molecule has 0 aliphatic carbocycles. The molecule has 5 heteroatoms. The lowest BCUT2D eigenvalue weighted by atomic mass is 10.0. The average Bonchev–Trinajstić information content (AvgIpc) is 2.38. The van der Waals surface area contributed by atoms with Gasteiger partial charge in [-0.05, 0) is 37.5 Å². The van der Waals surface area contributed by atoms with Crippen LogP contribution in [0.1, 0.15) is 24.8 Å². The number of nitrogens with two attached hydrogens (primary N) is 1. The van der Waals surface area contributed by atoms with Crippen molar-refractivity contribution in [1.82, 2.24) is 0 Å². The molecule has 2 rings (SSSR count). The number of nitrogens with zero attached hydrogens (tertiary/aromatic N) is 2. The molecule has 0 aromatic heterocycles. The van der Waals surface area contributed by atoms with Gasteiger partial charge in [-0.1, -0.05) is 11.6 Å². The van der Waals surface area contributed by atoms with E-state index in [-0.39, 0.29) is 11.9 Å². The Bertz CT molecular complexity index is 509. The third-order valence-corrected chi connectivity index (χ3v) is 3.55. The standard InChI is InChI=1S/C13H14ClN3O/c14-11-7-10(5-4-9(11)8-15)17-6-2-1-3-12(17)13(16)18/h4-5,7,12H,1-3,6H2,(H2,16,18). The first-order valence-electron chi connectivity index (χ1n) is 5.89. The van der Waals surface area contributed by atoms with E-state index in [9.17, 15) is 4.79 Å². The van der Waals surface area contributed by atoms with Gasteiger partial charge >= 0.3 is 0 Å². The SMILES string of the molecule is N#Cc1ccc(N2CCCCC2C(N)=O)cc1Cl. The van der Waals surface area contributed by atoms with Gasteiger partial charge in [0.25, 0.3) is 0 Å². The number of carbonyl (C=O) groups is 1. The van der Waals surface area contributed by atoms with E-state index in [4.69, 9.17) is 22.6 Å². The first-order valence-corrected chi connectivity index (χ1v) is 6.27. The zero-order valence-corrected chi connectivity index (χ0v) is 10.7. The van der Waals surface area contributed by atoms with Crippen LogP contribution in [0, 0.1) is 11.3 Å². The van der Waals surface area contributed by atoms with Gasteiger partial charge in [-0.25, -0.2) is 0 Å². The van der Waals surface area contributed by atoms with Crippen molar-refractivity contribution in [2.75, 3.05) is 11.4 Å². The van der Waals surface area contributed by atoms with E-state index in [0.29, 0.717) is 10.6 Å². The third kappa shape index (κ3) is 2.41. The number of hydrogen-bond acceptors (Lipinski definition) is 3. The van der Waals surface area contributed by atoms with Crippen LogP contribution in [-0.2, 0) is 4.79 Å². The van der Waals surface area contributed by atoms with Crippen molar-refractivity contribution < 1.29 is 4.79 Å². The Morgan fingerprint density at radius 1 is 1.50 bits per heavy atom. The Hall–Kier alpha value is -1.73.